The molecule has 7 nitrogen and oxygen atoms in total. The molecule has 1 atom stereocenters. The average Bonchev–Trinajstić information content (AvgIpc) is 2.98. The molecule has 0 aliphatic carbocycles. The Kier molecular flexibility index (Phi) is 4.57. The standard InChI is InChI=1S/C16H20N4O3/c1-12-16-18-8-13(10-23-14-4-3-5-17-9-14)20(16)7-6-19(12)15(21)11-22-2/h3-5,8-9,12H,6-7,10-11H2,1-2H3/t12-/m0/s1. The molecule has 1 aliphatic heterocycles. The van der Waals surface area contributed by atoms with Crippen molar-refractivity contribution >= 4 is 5.91 Å². The molecule has 1 aliphatic rings. The molecule has 0 fully saturated rings. The first kappa shape index (κ1) is 15.5. The van der Waals surface area contributed by atoms with Gasteiger partial charge in [-0.2, -0.15) is 0 Å². The van der Waals surface area contributed by atoms with Crippen molar-refractivity contribution in [2.24, 2.45) is 0 Å². The van der Waals surface area contributed by atoms with Crippen molar-refractivity contribution in [1.82, 2.24) is 19.4 Å². The fourth-order valence-electron chi connectivity index (χ4n) is 2.81. The van der Waals surface area contributed by atoms with Gasteiger partial charge in [0.05, 0.1) is 24.1 Å². The van der Waals surface area contributed by atoms with Crippen molar-refractivity contribution in [1.29, 1.82) is 0 Å². The number of aromatic nitrogens is 3. The average molecular weight is 316 g/mol. The molecule has 23 heavy (non-hydrogen) atoms. The lowest BCUT2D eigenvalue weighted by atomic mass is 10.2. The molecule has 122 valence electrons. The van der Waals surface area contributed by atoms with E-state index in [4.69, 9.17) is 9.47 Å². The lowest BCUT2D eigenvalue weighted by Gasteiger charge is -2.34. The predicted octanol–water partition coefficient (Wildman–Crippen LogP) is 1.41. The van der Waals surface area contributed by atoms with E-state index in [1.165, 1.54) is 7.11 Å². The third-order valence-corrected chi connectivity index (χ3v) is 3.98. The number of fused-ring (bicyclic) bond motifs is 1. The maximum Gasteiger partial charge on any atom is 0.249 e. The van der Waals surface area contributed by atoms with Crippen molar-refractivity contribution in [3.63, 3.8) is 0 Å². The smallest absolute Gasteiger partial charge is 0.249 e. The normalized spacial score (nSPS) is 17.0. The van der Waals surface area contributed by atoms with Gasteiger partial charge in [-0.25, -0.2) is 4.98 Å². The quantitative estimate of drug-likeness (QED) is 0.834. The number of imidazole rings is 1. The van der Waals surface area contributed by atoms with Gasteiger partial charge in [0, 0.05) is 26.4 Å². The van der Waals surface area contributed by atoms with Gasteiger partial charge in [0.2, 0.25) is 5.91 Å². The second-order valence-electron chi connectivity index (χ2n) is 5.43. The Bertz CT molecular complexity index is 671. The summed E-state index contributed by atoms with van der Waals surface area (Å²) in [5.74, 6) is 1.59. The molecule has 0 N–H and O–H groups in total. The van der Waals surface area contributed by atoms with Crippen LogP contribution < -0.4 is 4.74 Å². The van der Waals surface area contributed by atoms with E-state index in [-0.39, 0.29) is 18.6 Å². The topological polar surface area (TPSA) is 69.5 Å². The molecule has 0 bridgehead atoms. The van der Waals surface area contributed by atoms with Crippen molar-refractivity contribution in [2.75, 3.05) is 20.3 Å². The van der Waals surface area contributed by atoms with E-state index in [1.54, 1.807) is 17.3 Å². The van der Waals surface area contributed by atoms with Gasteiger partial charge in [-0.15, -0.1) is 0 Å². The zero-order valence-electron chi connectivity index (χ0n) is 13.3. The van der Waals surface area contributed by atoms with E-state index in [9.17, 15) is 4.79 Å². The highest BCUT2D eigenvalue weighted by Gasteiger charge is 2.30. The first-order valence-corrected chi connectivity index (χ1v) is 7.56. The van der Waals surface area contributed by atoms with E-state index in [0.717, 1.165) is 17.3 Å². The molecule has 0 spiro atoms. The van der Waals surface area contributed by atoms with E-state index < -0.39 is 0 Å². The zero-order valence-corrected chi connectivity index (χ0v) is 13.3. The van der Waals surface area contributed by atoms with E-state index in [0.29, 0.717) is 19.7 Å². The van der Waals surface area contributed by atoms with Gasteiger partial charge in [0.1, 0.15) is 24.8 Å². The molecule has 2 aromatic heterocycles. The van der Waals surface area contributed by atoms with Crippen molar-refractivity contribution in [3.8, 4) is 5.75 Å². The predicted molar refractivity (Wildman–Crippen MR) is 82.8 cm³/mol. The molecular weight excluding hydrogens is 296 g/mol. The number of methoxy groups -OCH3 is 1. The molecule has 0 saturated heterocycles. The van der Waals surface area contributed by atoms with E-state index in [2.05, 4.69) is 14.5 Å². The highest BCUT2D eigenvalue weighted by molar-refractivity contribution is 5.78. The van der Waals surface area contributed by atoms with Crippen LogP contribution in [-0.4, -0.2) is 45.6 Å². The third-order valence-electron chi connectivity index (χ3n) is 3.98. The Balaban J connectivity index is 1.71. The first-order valence-electron chi connectivity index (χ1n) is 7.56. The summed E-state index contributed by atoms with van der Waals surface area (Å²) in [5.41, 5.74) is 0.995. The van der Waals surface area contributed by atoms with Gasteiger partial charge in [-0.1, -0.05) is 0 Å². The second kappa shape index (κ2) is 6.78. The Morgan fingerprint density at radius 2 is 2.26 bits per heavy atom. The van der Waals surface area contributed by atoms with Crippen molar-refractivity contribution in [3.05, 3.63) is 42.2 Å². The summed E-state index contributed by atoms with van der Waals surface area (Å²) in [6.45, 7) is 3.87. The number of amides is 1. The summed E-state index contributed by atoms with van der Waals surface area (Å²) in [6.07, 6.45) is 5.20. The van der Waals surface area contributed by atoms with Crippen LogP contribution in [-0.2, 0) is 22.7 Å². The maximum absolute atomic E-state index is 12.1. The number of hydrogen-bond donors (Lipinski definition) is 0. The number of ether oxygens (including phenoxy) is 2. The van der Waals surface area contributed by atoms with Crippen LogP contribution in [0, 0.1) is 0 Å². The van der Waals surface area contributed by atoms with Gasteiger partial charge in [0.15, 0.2) is 0 Å². The van der Waals surface area contributed by atoms with Crippen LogP contribution >= 0.6 is 0 Å². The monoisotopic (exact) mass is 316 g/mol. The van der Waals surface area contributed by atoms with Gasteiger partial charge >= 0.3 is 0 Å². The number of carbonyl (C=O) groups excluding carboxylic acids is 1. The summed E-state index contributed by atoms with van der Waals surface area (Å²) in [4.78, 5) is 22.4. The van der Waals surface area contributed by atoms with Crippen LogP contribution in [0.2, 0.25) is 0 Å². The molecule has 1 amide bonds. The minimum absolute atomic E-state index is 0.0117. The number of nitrogens with zero attached hydrogens (tertiary/aromatic N) is 4. The van der Waals surface area contributed by atoms with Crippen LogP contribution in [0.15, 0.2) is 30.7 Å². The SMILES string of the molecule is COCC(=O)N1CCn2c(COc3cccnc3)cnc2[C@@H]1C. The summed E-state index contributed by atoms with van der Waals surface area (Å²) >= 11 is 0. The molecule has 7 heteroatoms. The molecule has 0 aromatic carbocycles. The molecule has 0 unspecified atom stereocenters. The largest absolute Gasteiger partial charge is 0.486 e. The van der Waals surface area contributed by atoms with E-state index >= 15 is 0 Å². The minimum atomic E-state index is -0.0708. The van der Waals surface area contributed by atoms with Gasteiger partial charge in [-0.05, 0) is 19.1 Å². The second-order valence-corrected chi connectivity index (χ2v) is 5.43. The van der Waals surface area contributed by atoms with Crippen molar-refractivity contribution < 1.29 is 14.3 Å². The van der Waals surface area contributed by atoms with Crippen molar-refractivity contribution in [2.45, 2.75) is 26.1 Å². The van der Waals surface area contributed by atoms with Crippen LogP contribution in [0.25, 0.3) is 0 Å². The summed E-state index contributed by atoms with van der Waals surface area (Å²) in [5, 5.41) is 0. The summed E-state index contributed by atoms with van der Waals surface area (Å²) in [6, 6.07) is 3.63. The van der Waals surface area contributed by atoms with Crippen LogP contribution in [0.5, 0.6) is 5.75 Å². The van der Waals surface area contributed by atoms with Crippen LogP contribution in [0.4, 0.5) is 0 Å². The first-order chi connectivity index (χ1) is 11.2. The number of hydrogen-bond acceptors (Lipinski definition) is 5. The van der Waals surface area contributed by atoms with Crippen LogP contribution in [0.3, 0.4) is 0 Å². The Morgan fingerprint density at radius 1 is 1.39 bits per heavy atom. The molecular formula is C16H20N4O3. The molecule has 2 aromatic rings. The Labute approximate surface area is 134 Å². The fraction of sp³-hybridized carbons (Fsp3) is 0.438. The number of carbonyl (C=O) groups is 1. The zero-order chi connectivity index (χ0) is 16.2. The van der Waals surface area contributed by atoms with Gasteiger partial charge in [-0.3, -0.25) is 9.78 Å². The maximum atomic E-state index is 12.1. The summed E-state index contributed by atoms with van der Waals surface area (Å²) < 4.78 is 12.8. The van der Waals surface area contributed by atoms with E-state index in [1.807, 2.05) is 25.3 Å². The third kappa shape index (κ3) is 3.19. The minimum Gasteiger partial charge on any atom is -0.486 e. The molecule has 0 saturated carbocycles. The Morgan fingerprint density at radius 3 is 3.00 bits per heavy atom. The summed E-state index contributed by atoms with van der Waals surface area (Å²) in [7, 11) is 1.53. The highest BCUT2D eigenvalue weighted by atomic mass is 16.5. The lowest BCUT2D eigenvalue weighted by Crippen LogP contribution is -2.43. The lowest BCUT2D eigenvalue weighted by molar-refractivity contribution is -0.138. The van der Waals surface area contributed by atoms with Gasteiger partial charge < -0.3 is 18.9 Å². The molecule has 0 radical (unpaired) electrons. The number of pyridine rings is 1. The number of rotatable bonds is 5. The van der Waals surface area contributed by atoms with Gasteiger partial charge in [0.25, 0.3) is 0 Å². The van der Waals surface area contributed by atoms with Crippen LogP contribution in [0.1, 0.15) is 24.5 Å². The molecule has 3 heterocycles. The molecule has 3 rings (SSSR count). The Hall–Kier alpha value is -2.41. The fourth-order valence-corrected chi connectivity index (χ4v) is 2.81. The highest BCUT2D eigenvalue weighted by Crippen LogP contribution is 2.25.